The normalized spacial score (nSPS) is 31.3. The second kappa shape index (κ2) is 14.1. The quantitative estimate of drug-likeness (QED) is 0.320. The number of carbonyl (C=O) groups is 4. The number of allylic oxidation sites excluding steroid dienone is 2. The van der Waals surface area contributed by atoms with Crippen LogP contribution in [0, 0.1) is 17.8 Å². The van der Waals surface area contributed by atoms with Gasteiger partial charge in [0.2, 0.25) is 11.8 Å². The lowest BCUT2D eigenvalue weighted by atomic mass is 9.86. The van der Waals surface area contributed by atoms with E-state index in [-0.39, 0.29) is 35.9 Å². The highest BCUT2D eigenvalue weighted by Gasteiger charge is 2.31. The molecule has 0 saturated carbocycles. The van der Waals surface area contributed by atoms with Crippen molar-refractivity contribution in [2.75, 3.05) is 7.11 Å². The summed E-state index contributed by atoms with van der Waals surface area (Å²) in [4.78, 5) is 48.6. The lowest BCUT2D eigenvalue weighted by Gasteiger charge is -2.27. The van der Waals surface area contributed by atoms with Gasteiger partial charge in [0.25, 0.3) is 0 Å². The number of ether oxygens (including phenoxy) is 2. The van der Waals surface area contributed by atoms with E-state index < -0.39 is 30.2 Å². The van der Waals surface area contributed by atoms with Crippen molar-refractivity contribution in [3.63, 3.8) is 0 Å². The standard InChI is InChI=1S/C27H39NO7/c1-17-14-18(2)27(35-25(32)13-8-6-5-7-12-22(34-4)26(17)33)19(3)21(29)11-9-10-20-15-23(30)28-24(31)16-20/h7-8,12-14,17,19-20,22,26-27,33H,5-6,9-11,15-16H2,1-4H3,(H,28,30,31)/b12-7+,13-8+,18-14-/t17-,19?,22+,26+,27?/m1/s1. The molecular weight excluding hydrogens is 450 g/mol. The molecule has 35 heavy (non-hydrogen) atoms. The predicted molar refractivity (Wildman–Crippen MR) is 131 cm³/mol. The van der Waals surface area contributed by atoms with Gasteiger partial charge in [-0.15, -0.1) is 0 Å². The molecule has 0 aromatic carbocycles. The number of ketones is 1. The first kappa shape index (κ1) is 28.7. The van der Waals surface area contributed by atoms with Gasteiger partial charge in [0.05, 0.1) is 12.0 Å². The van der Waals surface area contributed by atoms with E-state index in [0.717, 1.165) is 0 Å². The van der Waals surface area contributed by atoms with E-state index in [2.05, 4.69) is 5.32 Å². The molecule has 0 radical (unpaired) electrons. The van der Waals surface area contributed by atoms with Crippen molar-refractivity contribution in [2.24, 2.45) is 17.8 Å². The highest BCUT2D eigenvalue weighted by molar-refractivity contribution is 5.97. The molecule has 0 aliphatic carbocycles. The number of piperidine rings is 1. The predicted octanol–water partition coefficient (Wildman–Crippen LogP) is 3.19. The van der Waals surface area contributed by atoms with Gasteiger partial charge in [-0.25, -0.2) is 4.79 Å². The summed E-state index contributed by atoms with van der Waals surface area (Å²) in [5.74, 6) is -2.06. The highest BCUT2D eigenvalue weighted by Crippen LogP contribution is 2.25. The van der Waals surface area contributed by atoms with Crippen LogP contribution in [0.15, 0.2) is 36.0 Å². The maximum atomic E-state index is 13.0. The number of amides is 2. The minimum atomic E-state index is -0.803. The number of imide groups is 1. The number of hydrogen-bond acceptors (Lipinski definition) is 7. The average Bonchev–Trinajstić information content (AvgIpc) is 2.79. The van der Waals surface area contributed by atoms with Gasteiger partial charge in [-0.05, 0) is 44.1 Å². The fourth-order valence-electron chi connectivity index (χ4n) is 4.61. The summed E-state index contributed by atoms with van der Waals surface area (Å²) >= 11 is 0. The van der Waals surface area contributed by atoms with Crippen LogP contribution in [-0.2, 0) is 28.7 Å². The summed E-state index contributed by atoms with van der Waals surface area (Å²) in [7, 11) is 1.55. The Hall–Kier alpha value is -2.58. The molecule has 0 aromatic heterocycles. The van der Waals surface area contributed by atoms with Gasteiger partial charge in [-0.1, -0.05) is 38.2 Å². The molecule has 2 aliphatic rings. The first-order chi connectivity index (χ1) is 16.6. The number of nitrogens with one attached hydrogen (secondary N) is 1. The number of aliphatic hydroxyl groups excluding tert-OH is 1. The molecule has 0 bridgehead atoms. The van der Waals surface area contributed by atoms with Crippen LogP contribution in [0.25, 0.3) is 0 Å². The summed E-state index contributed by atoms with van der Waals surface area (Å²) in [6, 6.07) is 0. The van der Waals surface area contributed by atoms with Crippen molar-refractivity contribution in [3.05, 3.63) is 36.0 Å². The van der Waals surface area contributed by atoms with E-state index in [1.54, 1.807) is 27.0 Å². The maximum absolute atomic E-state index is 13.0. The molecule has 2 heterocycles. The summed E-state index contributed by atoms with van der Waals surface area (Å²) in [5, 5.41) is 13.1. The van der Waals surface area contributed by atoms with Crippen LogP contribution in [0.3, 0.4) is 0 Å². The molecule has 2 N–H and O–H groups in total. The minimum absolute atomic E-state index is 0.0524. The second-order valence-electron chi connectivity index (χ2n) is 9.62. The van der Waals surface area contributed by atoms with Crippen molar-refractivity contribution in [2.45, 2.75) is 84.0 Å². The van der Waals surface area contributed by atoms with E-state index in [0.29, 0.717) is 44.1 Å². The molecule has 1 saturated heterocycles. The topological polar surface area (TPSA) is 119 Å². The van der Waals surface area contributed by atoms with Crippen LogP contribution in [0.4, 0.5) is 0 Å². The molecular formula is C27H39NO7. The van der Waals surface area contributed by atoms with Gasteiger partial charge < -0.3 is 14.6 Å². The first-order valence-corrected chi connectivity index (χ1v) is 12.4. The van der Waals surface area contributed by atoms with E-state index in [4.69, 9.17) is 9.47 Å². The smallest absolute Gasteiger partial charge is 0.331 e. The van der Waals surface area contributed by atoms with Crippen LogP contribution in [-0.4, -0.2) is 54.1 Å². The number of aliphatic hydroxyl groups is 1. The molecule has 5 atom stereocenters. The van der Waals surface area contributed by atoms with Crippen molar-refractivity contribution in [1.29, 1.82) is 0 Å². The highest BCUT2D eigenvalue weighted by atomic mass is 16.5. The molecule has 2 unspecified atom stereocenters. The SMILES string of the molecule is CO[C@H]1/C=C/CC/C=C/C(=O)OC(C(C)C(=O)CCCC2CC(=O)NC(=O)C2)/C(C)=C\[C@@H](C)[C@@H]1O. The third-order valence-corrected chi connectivity index (χ3v) is 6.67. The zero-order valence-electron chi connectivity index (χ0n) is 21.2. The van der Waals surface area contributed by atoms with Crippen molar-refractivity contribution in [3.8, 4) is 0 Å². The van der Waals surface area contributed by atoms with Crippen molar-refractivity contribution in [1.82, 2.24) is 5.32 Å². The Kier molecular flexibility index (Phi) is 11.5. The summed E-state index contributed by atoms with van der Waals surface area (Å²) in [6.45, 7) is 5.39. The number of esters is 1. The van der Waals surface area contributed by atoms with Gasteiger partial charge >= 0.3 is 5.97 Å². The van der Waals surface area contributed by atoms with Crippen LogP contribution in [0.5, 0.6) is 0 Å². The molecule has 194 valence electrons. The monoisotopic (exact) mass is 489 g/mol. The van der Waals surface area contributed by atoms with Crippen LogP contribution in [0.2, 0.25) is 0 Å². The third-order valence-electron chi connectivity index (χ3n) is 6.67. The van der Waals surface area contributed by atoms with Crippen molar-refractivity contribution < 1.29 is 33.8 Å². The molecule has 2 aliphatic heterocycles. The summed E-state index contributed by atoms with van der Waals surface area (Å²) in [5.41, 5.74) is 0.685. The van der Waals surface area contributed by atoms with Crippen LogP contribution in [0.1, 0.15) is 65.7 Å². The van der Waals surface area contributed by atoms with Gasteiger partial charge in [0.1, 0.15) is 18.0 Å². The zero-order chi connectivity index (χ0) is 26.0. The van der Waals surface area contributed by atoms with E-state index in [1.165, 1.54) is 6.08 Å². The number of Topliss-reactive ketones (excluding diaryl/α,β-unsaturated/α-hetero) is 1. The molecule has 1 fully saturated rings. The van der Waals surface area contributed by atoms with Crippen molar-refractivity contribution >= 4 is 23.6 Å². The number of hydrogen-bond donors (Lipinski definition) is 2. The minimum Gasteiger partial charge on any atom is -0.454 e. The Morgan fingerprint density at radius 1 is 1.20 bits per heavy atom. The zero-order valence-corrected chi connectivity index (χ0v) is 21.2. The Bertz CT molecular complexity index is 844. The van der Waals surface area contributed by atoms with Crippen LogP contribution >= 0.6 is 0 Å². The Morgan fingerprint density at radius 3 is 2.51 bits per heavy atom. The van der Waals surface area contributed by atoms with E-state index >= 15 is 0 Å². The van der Waals surface area contributed by atoms with Gasteiger partial charge in [-0.2, -0.15) is 0 Å². The molecule has 0 aromatic rings. The Labute approximate surface area is 207 Å². The van der Waals surface area contributed by atoms with Gasteiger partial charge in [0, 0.05) is 38.4 Å². The average molecular weight is 490 g/mol. The fourth-order valence-corrected chi connectivity index (χ4v) is 4.61. The third kappa shape index (κ3) is 9.18. The number of carbonyl (C=O) groups excluding carboxylic acids is 4. The fraction of sp³-hybridized carbons (Fsp3) is 0.630. The lowest BCUT2D eigenvalue weighted by molar-refractivity contribution is -0.145. The lowest BCUT2D eigenvalue weighted by Crippen LogP contribution is -2.38. The molecule has 8 heteroatoms. The van der Waals surface area contributed by atoms with E-state index in [1.807, 2.05) is 25.2 Å². The van der Waals surface area contributed by atoms with E-state index in [9.17, 15) is 24.3 Å². The largest absolute Gasteiger partial charge is 0.454 e. The Morgan fingerprint density at radius 2 is 1.86 bits per heavy atom. The molecule has 2 rings (SSSR count). The second-order valence-corrected chi connectivity index (χ2v) is 9.62. The number of cyclic esters (lactones) is 1. The van der Waals surface area contributed by atoms with Gasteiger partial charge in [-0.3, -0.25) is 19.7 Å². The summed E-state index contributed by atoms with van der Waals surface area (Å²) in [6.07, 6.45) is 9.96. The molecule has 8 nitrogen and oxygen atoms in total. The Balaban J connectivity index is 2.11. The number of methoxy groups -OCH3 is 1. The van der Waals surface area contributed by atoms with Gasteiger partial charge in [0.15, 0.2) is 0 Å². The summed E-state index contributed by atoms with van der Waals surface area (Å²) < 4.78 is 11.1. The maximum Gasteiger partial charge on any atom is 0.331 e. The van der Waals surface area contributed by atoms with Crippen LogP contribution < -0.4 is 5.32 Å². The number of rotatable bonds is 7. The first-order valence-electron chi connectivity index (χ1n) is 12.4. The molecule has 0 spiro atoms. The molecule has 2 amide bonds.